The predicted molar refractivity (Wildman–Crippen MR) is 81.8 cm³/mol. The third kappa shape index (κ3) is 3.21. The first kappa shape index (κ1) is 14.2. The maximum Gasteiger partial charge on any atom is 0.222 e. The van der Waals surface area contributed by atoms with Crippen LogP contribution in [0.2, 0.25) is 0 Å². The Bertz CT molecular complexity index is 568. The van der Waals surface area contributed by atoms with E-state index in [4.69, 9.17) is 5.73 Å². The zero-order valence-electron chi connectivity index (χ0n) is 11.8. The van der Waals surface area contributed by atoms with Gasteiger partial charge in [0.1, 0.15) is 0 Å². The molecule has 1 saturated heterocycles. The number of hydrogen-bond acceptors (Lipinski definition) is 2. The molecule has 1 fully saturated rings. The molecule has 1 unspecified atom stereocenters. The van der Waals surface area contributed by atoms with Gasteiger partial charge in [-0.1, -0.05) is 24.0 Å². The first-order valence-corrected chi connectivity index (χ1v) is 6.82. The fraction of sp³-hybridized carbons (Fsp3) is 0.353. The molecule has 1 aliphatic heterocycles. The number of carbonyl (C=O) groups excluding carboxylic acids is 1. The van der Waals surface area contributed by atoms with Gasteiger partial charge >= 0.3 is 0 Å². The number of nitrogen functional groups attached to an aromatic ring is 1. The van der Waals surface area contributed by atoms with Crippen LogP contribution < -0.4 is 5.73 Å². The van der Waals surface area contributed by atoms with Crippen LogP contribution in [0.4, 0.5) is 5.69 Å². The van der Waals surface area contributed by atoms with Crippen LogP contribution in [0.15, 0.2) is 36.9 Å². The number of benzene rings is 1. The standard InChI is InChI=1S/C17H20N2O/c1-3-6-14-12-17(20)19(2)16(14)10-5-8-13-7-4-9-15(18)11-13/h3-4,7,9,11,14,16H,1,6,10,12,18H2,2H3/t14?,16-/m0/s1. The summed E-state index contributed by atoms with van der Waals surface area (Å²) in [5.74, 6) is 6.83. The number of rotatable bonds is 3. The van der Waals surface area contributed by atoms with E-state index < -0.39 is 0 Å². The topological polar surface area (TPSA) is 46.3 Å². The lowest BCUT2D eigenvalue weighted by atomic mass is 9.94. The minimum absolute atomic E-state index is 0.189. The van der Waals surface area contributed by atoms with Gasteiger partial charge in [-0.15, -0.1) is 6.58 Å². The molecule has 0 aromatic heterocycles. The molecule has 3 heteroatoms. The minimum Gasteiger partial charge on any atom is -0.399 e. The van der Waals surface area contributed by atoms with Crippen LogP contribution in [0.5, 0.6) is 0 Å². The summed E-state index contributed by atoms with van der Waals surface area (Å²) >= 11 is 0. The summed E-state index contributed by atoms with van der Waals surface area (Å²) in [4.78, 5) is 13.6. The van der Waals surface area contributed by atoms with Crippen LogP contribution in [-0.2, 0) is 4.79 Å². The maximum atomic E-state index is 11.8. The molecule has 2 N–H and O–H groups in total. The van der Waals surface area contributed by atoms with Gasteiger partial charge < -0.3 is 10.6 Å². The van der Waals surface area contributed by atoms with E-state index in [-0.39, 0.29) is 11.9 Å². The lowest BCUT2D eigenvalue weighted by Crippen LogP contribution is -2.31. The van der Waals surface area contributed by atoms with Gasteiger partial charge in [0.2, 0.25) is 5.91 Å². The molecule has 3 nitrogen and oxygen atoms in total. The summed E-state index contributed by atoms with van der Waals surface area (Å²) in [6.45, 7) is 3.77. The van der Waals surface area contributed by atoms with E-state index in [0.717, 1.165) is 17.7 Å². The quantitative estimate of drug-likeness (QED) is 0.520. The van der Waals surface area contributed by atoms with Crippen molar-refractivity contribution in [3.8, 4) is 11.8 Å². The van der Waals surface area contributed by atoms with Gasteiger partial charge in [0.15, 0.2) is 0 Å². The lowest BCUT2D eigenvalue weighted by molar-refractivity contribution is -0.127. The summed E-state index contributed by atoms with van der Waals surface area (Å²) in [5.41, 5.74) is 7.35. The molecule has 2 rings (SSSR count). The molecule has 0 saturated carbocycles. The van der Waals surface area contributed by atoms with Crippen molar-refractivity contribution >= 4 is 11.6 Å². The fourth-order valence-corrected chi connectivity index (χ4v) is 2.64. The SMILES string of the molecule is C=CCC1CC(=O)N(C)[C@H]1CC#Cc1cccc(N)c1. The highest BCUT2D eigenvalue weighted by molar-refractivity contribution is 5.79. The second kappa shape index (κ2) is 6.29. The molecular weight excluding hydrogens is 248 g/mol. The summed E-state index contributed by atoms with van der Waals surface area (Å²) in [7, 11) is 1.86. The zero-order chi connectivity index (χ0) is 14.5. The molecule has 2 atom stereocenters. The molecule has 1 amide bonds. The minimum atomic E-state index is 0.189. The number of likely N-dealkylation sites (tertiary alicyclic amines) is 1. The highest BCUT2D eigenvalue weighted by Crippen LogP contribution is 2.29. The molecule has 1 aromatic rings. The molecule has 20 heavy (non-hydrogen) atoms. The van der Waals surface area contributed by atoms with E-state index in [1.165, 1.54) is 0 Å². The summed E-state index contributed by atoms with van der Waals surface area (Å²) in [5, 5.41) is 0. The fourth-order valence-electron chi connectivity index (χ4n) is 2.64. The van der Waals surface area contributed by atoms with Gasteiger partial charge in [0.25, 0.3) is 0 Å². The highest BCUT2D eigenvalue weighted by Gasteiger charge is 2.35. The third-order valence-electron chi connectivity index (χ3n) is 3.77. The Balaban J connectivity index is 2.05. The van der Waals surface area contributed by atoms with E-state index in [1.807, 2.05) is 42.3 Å². The first-order valence-electron chi connectivity index (χ1n) is 6.82. The number of allylic oxidation sites excluding steroid dienone is 1. The normalized spacial score (nSPS) is 21.4. The number of nitrogens with zero attached hydrogens (tertiary/aromatic N) is 1. The molecule has 104 valence electrons. The van der Waals surface area contributed by atoms with Gasteiger partial charge in [-0.2, -0.15) is 0 Å². The molecule has 0 spiro atoms. The Morgan fingerprint density at radius 1 is 1.55 bits per heavy atom. The van der Waals surface area contributed by atoms with Crippen molar-refractivity contribution in [1.82, 2.24) is 4.90 Å². The van der Waals surface area contributed by atoms with Crippen molar-refractivity contribution < 1.29 is 4.79 Å². The average molecular weight is 268 g/mol. The zero-order valence-corrected chi connectivity index (χ0v) is 11.8. The molecule has 1 aromatic carbocycles. The van der Waals surface area contributed by atoms with Gasteiger partial charge in [0.05, 0.1) is 0 Å². The van der Waals surface area contributed by atoms with Crippen molar-refractivity contribution in [3.63, 3.8) is 0 Å². The summed E-state index contributed by atoms with van der Waals surface area (Å²) in [6, 6.07) is 7.72. The Kier molecular flexibility index (Phi) is 4.47. The van der Waals surface area contributed by atoms with Crippen molar-refractivity contribution in [1.29, 1.82) is 0 Å². The predicted octanol–water partition coefficient (Wildman–Crippen LogP) is 2.43. The Labute approximate surface area is 120 Å². The maximum absolute atomic E-state index is 11.8. The van der Waals surface area contributed by atoms with Crippen LogP contribution in [0.25, 0.3) is 0 Å². The van der Waals surface area contributed by atoms with E-state index in [2.05, 4.69) is 18.4 Å². The lowest BCUT2D eigenvalue weighted by Gasteiger charge is -2.22. The second-order valence-corrected chi connectivity index (χ2v) is 5.19. The van der Waals surface area contributed by atoms with Crippen LogP contribution in [0.3, 0.4) is 0 Å². The van der Waals surface area contributed by atoms with E-state index in [1.54, 1.807) is 0 Å². The number of nitrogens with two attached hydrogens (primary N) is 1. The molecular formula is C17H20N2O. The van der Waals surface area contributed by atoms with Crippen molar-refractivity contribution in [2.24, 2.45) is 5.92 Å². The van der Waals surface area contributed by atoms with Crippen LogP contribution in [-0.4, -0.2) is 23.9 Å². The molecule has 1 heterocycles. The number of hydrogen-bond donors (Lipinski definition) is 1. The summed E-state index contributed by atoms with van der Waals surface area (Å²) in [6.07, 6.45) is 4.04. The van der Waals surface area contributed by atoms with E-state index >= 15 is 0 Å². The Morgan fingerprint density at radius 3 is 3.05 bits per heavy atom. The monoisotopic (exact) mass is 268 g/mol. The summed E-state index contributed by atoms with van der Waals surface area (Å²) < 4.78 is 0. The molecule has 0 aliphatic carbocycles. The first-order chi connectivity index (χ1) is 9.61. The van der Waals surface area contributed by atoms with Crippen molar-refractivity contribution in [2.45, 2.75) is 25.3 Å². The Hall–Kier alpha value is -2.21. The van der Waals surface area contributed by atoms with Gasteiger partial charge in [0, 0.05) is 37.2 Å². The molecule has 1 aliphatic rings. The number of amides is 1. The largest absolute Gasteiger partial charge is 0.399 e. The highest BCUT2D eigenvalue weighted by atomic mass is 16.2. The third-order valence-corrected chi connectivity index (χ3v) is 3.77. The smallest absolute Gasteiger partial charge is 0.222 e. The average Bonchev–Trinajstić information content (AvgIpc) is 2.67. The molecule has 0 bridgehead atoms. The van der Waals surface area contributed by atoms with Crippen molar-refractivity contribution in [3.05, 3.63) is 42.5 Å². The van der Waals surface area contributed by atoms with Crippen LogP contribution in [0.1, 0.15) is 24.8 Å². The van der Waals surface area contributed by atoms with E-state index in [9.17, 15) is 4.79 Å². The van der Waals surface area contributed by atoms with Crippen molar-refractivity contribution in [2.75, 3.05) is 12.8 Å². The van der Waals surface area contributed by atoms with Gasteiger partial charge in [-0.25, -0.2) is 0 Å². The molecule has 0 radical (unpaired) electrons. The number of carbonyl (C=O) groups is 1. The second-order valence-electron chi connectivity index (χ2n) is 5.19. The van der Waals surface area contributed by atoms with Gasteiger partial charge in [-0.3, -0.25) is 4.79 Å². The van der Waals surface area contributed by atoms with Gasteiger partial charge in [-0.05, 0) is 30.5 Å². The Morgan fingerprint density at radius 2 is 2.35 bits per heavy atom. The van der Waals surface area contributed by atoms with E-state index in [0.29, 0.717) is 18.8 Å². The van der Waals surface area contributed by atoms with Crippen LogP contribution in [0, 0.1) is 17.8 Å². The van der Waals surface area contributed by atoms with Crippen LogP contribution >= 0.6 is 0 Å². The number of anilines is 1.